The molecule has 3 heterocycles. The minimum absolute atomic E-state index is 0.519. The van der Waals surface area contributed by atoms with Crippen LogP contribution in [0.1, 0.15) is 24.5 Å². The largest absolute Gasteiger partial charge is 0.496 e. The predicted octanol–water partition coefficient (Wildman–Crippen LogP) is 2.91. The summed E-state index contributed by atoms with van der Waals surface area (Å²) in [5.41, 5.74) is 3.83. The van der Waals surface area contributed by atoms with Gasteiger partial charge in [0.1, 0.15) is 5.75 Å². The Balaban J connectivity index is 1.95. The van der Waals surface area contributed by atoms with Gasteiger partial charge in [0.25, 0.3) is 0 Å². The Morgan fingerprint density at radius 2 is 2.15 bits per heavy atom. The standard InChI is InChI=1S/C15H14N4O/c1-20-12-5-7-17-14(9-2-3-9)13(12)15-18-8-11-10(19-15)4-6-16-11/h4-9,16H,2-3H2,1H3. The number of aromatic nitrogens is 4. The van der Waals surface area contributed by atoms with Crippen molar-refractivity contribution in [2.24, 2.45) is 0 Å². The highest BCUT2D eigenvalue weighted by Crippen LogP contribution is 2.45. The molecule has 0 unspecified atom stereocenters. The molecule has 5 nitrogen and oxygen atoms in total. The van der Waals surface area contributed by atoms with Crippen molar-refractivity contribution >= 4 is 11.0 Å². The van der Waals surface area contributed by atoms with Crippen LogP contribution < -0.4 is 4.74 Å². The highest BCUT2D eigenvalue weighted by atomic mass is 16.5. The summed E-state index contributed by atoms with van der Waals surface area (Å²) in [5.74, 6) is 1.99. The third kappa shape index (κ3) is 1.74. The third-order valence-corrected chi connectivity index (χ3v) is 3.65. The van der Waals surface area contributed by atoms with E-state index in [9.17, 15) is 0 Å². The van der Waals surface area contributed by atoms with Gasteiger partial charge in [0.05, 0.1) is 35.6 Å². The lowest BCUT2D eigenvalue weighted by Gasteiger charge is -2.11. The molecule has 0 saturated heterocycles. The molecule has 0 aromatic carbocycles. The monoisotopic (exact) mass is 266 g/mol. The molecule has 0 radical (unpaired) electrons. The first kappa shape index (κ1) is 11.4. The van der Waals surface area contributed by atoms with Gasteiger partial charge in [-0.05, 0) is 25.0 Å². The van der Waals surface area contributed by atoms with Crippen molar-refractivity contribution in [3.05, 3.63) is 36.4 Å². The van der Waals surface area contributed by atoms with E-state index in [0.29, 0.717) is 11.7 Å². The molecule has 0 amide bonds. The molecule has 1 N–H and O–H groups in total. The molecule has 3 aromatic heterocycles. The van der Waals surface area contributed by atoms with E-state index in [1.54, 1.807) is 19.5 Å². The van der Waals surface area contributed by atoms with Crippen LogP contribution in [-0.2, 0) is 0 Å². The summed E-state index contributed by atoms with van der Waals surface area (Å²) in [4.78, 5) is 16.7. The van der Waals surface area contributed by atoms with Crippen LogP contribution >= 0.6 is 0 Å². The highest BCUT2D eigenvalue weighted by molar-refractivity contribution is 5.78. The van der Waals surface area contributed by atoms with Gasteiger partial charge < -0.3 is 9.72 Å². The lowest BCUT2D eigenvalue weighted by Crippen LogP contribution is -1.99. The summed E-state index contributed by atoms with van der Waals surface area (Å²) in [6.07, 6.45) is 7.83. The summed E-state index contributed by atoms with van der Waals surface area (Å²) in [6.45, 7) is 0. The van der Waals surface area contributed by atoms with Gasteiger partial charge in [-0.15, -0.1) is 0 Å². The maximum absolute atomic E-state index is 5.48. The van der Waals surface area contributed by atoms with Gasteiger partial charge in [0, 0.05) is 18.3 Å². The molecular formula is C15H14N4O. The van der Waals surface area contributed by atoms with E-state index < -0.39 is 0 Å². The van der Waals surface area contributed by atoms with E-state index in [4.69, 9.17) is 4.74 Å². The Morgan fingerprint density at radius 1 is 1.25 bits per heavy atom. The van der Waals surface area contributed by atoms with Crippen molar-refractivity contribution in [2.75, 3.05) is 7.11 Å². The fourth-order valence-electron chi connectivity index (χ4n) is 2.48. The fourth-order valence-corrected chi connectivity index (χ4v) is 2.48. The molecule has 4 rings (SSSR count). The quantitative estimate of drug-likeness (QED) is 0.791. The number of nitrogens with zero attached hydrogens (tertiary/aromatic N) is 3. The first-order valence-corrected chi connectivity index (χ1v) is 6.70. The molecular weight excluding hydrogens is 252 g/mol. The summed E-state index contributed by atoms with van der Waals surface area (Å²) >= 11 is 0. The zero-order valence-corrected chi connectivity index (χ0v) is 11.1. The van der Waals surface area contributed by atoms with Crippen molar-refractivity contribution in [1.29, 1.82) is 0 Å². The Labute approximate surface area is 116 Å². The van der Waals surface area contributed by atoms with Crippen LogP contribution in [0.5, 0.6) is 5.75 Å². The number of aromatic amines is 1. The molecule has 5 heteroatoms. The Morgan fingerprint density at radius 3 is 2.95 bits per heavy atom. The van der Waals surface area contributed by atoms with Gasteiger partial charge in [-0.1, -0.05) is 0 Å². The summed E-state index contributed by atoms with van der Waals surface area (Å²) < 4.78 is 5.48. The minimum Gasteiger partial charge on any atom is -0.496 e. The van der Waals surface area contributed by atoms with Crippen LogP contribution in [0.25, 0.3) is 22.4 Å². The SMILES string of the molecule is COc1ccnc(C2CC2)c1-c1ncc2[nH]ccc2n1. The molecule has 3 aromatic rings. The summed E-state index contributed by atoms with van der Waals surface area (Å²) in [5, 5.41) is 0. The summed E-state index contributed by atoms with van der Waals surface area (Å²) in [7, 11) is 1.67. The summed E-state index contributed by atoms with van der Waals surface area (Å²) in [6, 6.07) is 3.81. The molecule has 20 heavy (non-hydrogen) atoms. The first-order chi connectivity index (χ1) is 9.86. The predicted molar refractivity (Wildman–Crippen MR) is 75.6 cm³/mol. The molecule has 1 saturated carbocycles. The molecule has 100 valence electrons. The van der Waals surface area contributed by atoms with Gasteiger partial charge in [-0.3, -0.25) is 4.98 Å². The van der Waals surface area contributed by atoms with E-state index in [0.717, 1.165) is 28.0 Å². The fraction of sp³-hybridized carbons (Fsp3) is 0.267. The van der Waals surface area contributed by atoms with Gasteiger partial charge in [0.2, 0.25) is 0 Å². The number of nitrogens with one attached hydrogen (secondary N) is 1. The lowest BCUT2D eigenvalue weighted by molar-refractivity contribution is 0.415. The van der Waals surface area contributed by atoms with E-state index in [1.807, 2.05) is 18.3 Å². The Hall–Kier alpha value is -2.43. The lowest BCUT2D eigenvalue weighted by atomic mass is 10.1. The number of hydrogen-bond acceptors (Lipinski definition) is 4. The van der Waals surface area contributed by atoms with E-state index >= 15 is 0 Å². The average Bonchev–Trinajstić information content (AvgIpc) is 3.23. The smallest absolute Gasteiger partial charge is 0.165 e. The first-order valence-electron chi connectivity index (χ1n) is 6.70. The second-order valence-corrected chi connectivity index (χ2v) is 5.02. The molecule has 1 fully saturated rings. The number of rotatable bonds is 3. The molecule has 0 bridgehead atoms. The number of methoxy groups -OCH3 is 1. The average molecular weight is 266 g/mol. The topological polar surface area (TPSA) is 63.7 Å². The van der Waals surface area contributed by atoms with Crippen molar-refractivity contribution in [1.82, 2.24) is 19.9 Å². The zero-order valence-electron chi connectivity index (χ0n) is 11.1. The van der Waals surface area contributed by atoms with Crippen LogP contribution in [0.4, 0.5) is 0 Å². The van der Waals surface area contributed by atoms with Crippen molar-refractivity contribution in [2.45, 2.75) is 18.8 Å². The normalized spacial score (nSPS) is 14.7. The number of fused-ring (bicyclic) bond motifs is 1. The molecule has 1 aliphatic carbocycles. The Bertz CT molecular complexity index is 776. The van der Waals surface area contributed by atoms with Crippen molar-refractivity contribution < 1.29 is 4.74 Å². The van der Waals surface area contributed by atoms with E-state index in [2.05, 4.69) is 19.9 Å². The number of ether oxygens (including phenoxy) is 1. The molecule has 0 spiro atoms. The van der Waals surface area contributed by atoms with Crippen LogP contribution in [0.3, 0.4) is 0 Å². The van der Waals surface area contributed by atoms with Crippen molar-refractivity contribution in [3.63, 3.8) is 0 Å². The number of H-pyrrole nitrogens is 1. The second-order valence-electron chi connectivity index (χ2n) is 5.02. The van der Waals surface area contributed by atoms with E-state index in [1.165, 1.54) is 12.8 Å². The molecule has 0 atom stereocenters. The van der Waals surface area contributed by atoms with Crippen LogP contribution in [0, 0.1) is 0 Å². The second kappa shape index (κ2) is 4.30. The number of pyridine rings is 1. The van der Waals surface area contributed by atoms with Gasteiger partial charge in [0.15, 0.2) is 5.82 Å². The highest BCUT2D eigenvalue weighted by Gasteiger charge is 2.30. The van der Waals surface area contributed by atoms with E-state index in [-0.39, 0.29) is 0 Å². The maximum Gasteiger partial charge on any atom is 0.165 e. The maximum atomic E-state index is 5.48. The molecule has 0 aliphatic heterocycles. The van der Waals surface area contributed by atoms with Gasteiger partial charge in [-0.25, -0.2) is 9.97 Å². The minimum atomic E-state index is 0.519. The van der Waals surface area contributed by atoms with Crippen LogP contribution in [-0.4, -0.2) is 27.0 Å². The van der Waals surface area contributed by atoms with Gasteiger partial charge >= 0.3 is 0 Å². The van der Waals surface area contributed by atoms with Crippen molar-refractivity contribution in [3.8, 4) is 17.1 Å². The van der Waals surface area contributed by atoms with Gasteiger partial charge in [-0.2, -0.15) is 0 Å². The Kier molecular flexibility index (Phi) is 2.45. The van der Waals surface area contributed by atoms with Crippen LogP contribution in [0.2, 0.25) is 0 Å². The third-order valence-electron chi connectivity index (χ3n) is 3.65. The molecule has 1 aliphatic rings. The zero-order chi connectivity index (χ0) is 13.5. The number of hydrogen-bond donors (Lipinski definition) is 1. The van der Waals surface area contributed by atoms with Crippen LogP contribution in [0.15, 0.2) is 30.7 Å².